The molecule has 3 aromatic rings. The minimum absolute atomic E-state index is 0.0947. The Bertz CT molecular complexity index is 1130. The Hall–Kier alpha value is -2.84. The number of carbonyl (C=O) groups excluding carboxylic acids is 2. The largest absolute Gasteiger partial charge is 0.342 e. The summed E-state index contributed by atoms with van der Waals surface area (Å²) in [5.74, 6) is 0.622. The highest BCUT2D eigenvalue weighted by atomic mass is 35.5. The highest BCUT2D eigenvalue weighted by Crippen LogP contribution is 2.26. The van der Waals surface area contributed by atoms with Crippen LogP contribution in [-0.4, -0.2) is 32.3 Å². The Morgan fingerprint density at radius 1 is 1.12 bits per heavy atom. The molecule has 0 spiro atoms. The van der Waals surface area contributed by atoms with Gasteiger partial charge in [0.2, 0.25) is 5.91 Å². The van der Waals surface area contributed by atoms with Crippen molar-refractivity contribution in [3.05, 3.63) is 70.5 Å². The molecule has 0 saturated heterocycles. The number of aryl methyl sites for hydroxylation is 1. The lowest BCUT2D eigenvalue weighted by molar-refractivity contribution is -0.113. The van der Waals surface area contributed by atoms with Crippen LogP contribution >= 0.6 is 23.4 Å². The molecule has 33 heavy (non-hydrogen) atoms. The van der Waals surface area contributed by atoms with Crippen molar-refractivity contribution in [3.8, 4) is 0 Å². The van der Waals surface area contributed by atoms with Gasteiger partial charge in [-0.15, -0.1) is 10.2 Å². The molecule has 2 N–H and O–H groups in total. The van der Waals surface area contributed by atoms with E-state index in [1.165, 1.54) is 11.8 Å². The lowest BCUT2D eigenvalue weighted by Crippen LogP contribution is -2.33. The van der Waals surface area contributed by atoms with Gasteiger partial charge >= 0.3 is 0 Å². The van der Waals surface area contributed by atoms with Gasteiger partial charge in [-0.25, -0.2) is 0 Å². The van der Waals surface area contributed by atoms with E-state index in [4.69, 9.17) is 11.6 Å². The highest BCUT2D eigenvalue weighted by molar-refractivity contribution is 7.99. The Balaban J connectivity index is 1.71. The van der Waals surface area contributed by atoms with E-state index >= 15 is 0 Å². The minimum Gasteiger partial charge on any atom is -0.342 e. The molecule has 0 aliphatic carbocycles. The Kier molecular flexibility index (Phi) is 8.52. The average Bonchev–Trinajstić information content (AvgIpc) is 3.18. The quantitative estimate of drug-likeness (QED) is 0.411. The number of anilines is 1. The number of thioether (sulfide) groups is 1. The predicted octanol–water partition coefficient (Wildman–Crippen LogP) is 5.12. The zero-order chi connectivity index (χ0) is 24.0. The van der Waals surface area contributed by atoms with Crippen LogP contribution in [0.3, 0.4) is 0 Å². The van der Waals surface area contributed by atoms with E-state index in [-0.39, 0.29) is 29.5 Å². The van der Waals surface area contributed by atoms with Crippen LogP contribution in [0, 0.1) is 12.8 Å². The van der Waals surface area contributed by atoms with Crippen molar-refractivity contribution < 1.29 is 9.59 Å². The number of halogens is 1. The van der Waals surface area contributed by atoms with Crippen LogP contribution < -0.4 is 10.6 Å². The van der Waals surface area contributed by atoms with Crippen LogP contribution in [0.2, 0.25) is 5.02 Å². The van der Waals surface area contributed by atoms with Crippen molar-refractivity contribution in [1.82, 2.24) is 20.1 Å². The van der Waals surface area contributed by atoms with Gasteiger partial charge in [-0.2, -0.15) is 0 Å². The maximum atomic E-state index is 12.9. The molecule has 0 aliphatic heterocycles. The van der Waals surface area contributed by atoms with Crippen molar-refractivity contribution in [2.24, 2.45) is 5.92 Å². The second kappa shape index (κ2) is 11.3. The molecule has 174 valence electrons. The van der Waals surface area contributed by atoms with E-state index in [1.807, 2.05) is 50.5 Å². The number of benzene rings is 2. The summed E-state index contributed by atoms with van der Waals surface area (Å²) in [4.78, 5) is 25.3. The van der Waals surface area contributed by atoms with Crippen LogP contribution in [0.5, 0.6) is 0 Å². The summed E-state index contributed by atoms with van der Waals surface area (Å²) < 4.78 is 1.94. The molecule has 0 radical (unpaired) electrons. The van der Waals surface area contributed by atoms with Crippen molar-refractivity contribution in [2.75, 3.05) is 11.1 Å². The van der Waals surface area contributed by atoms with Crippen molar-refractivity contribution >= 4 is 40.9 Å². The number of hydrogen-bond acceptors (Lipinski definition) is 5. The molecule has 2 aromatic carbocycles. The van der Waals surface area contributed by atoms with Gasteiger partial charge in [-0.05, 0) is 50.1 Å². The summed E-state index contributed by atoms with van der Waals surface area (Å²) in [5, 5.41) is 15.8. The van der Waals surface area contributed by atoms with Crippen LogP contribution in [0.15, 0.2) is 53.7 Å². The van der Waals surface area contributed by atoms with Gasteiger partial charge in [-0.1, -0.05) is 61.0 Å². The number of amides is 2. The van der Waals surface area contributed by atoms with Gasteiger partial charge in [-0.3, -0.25) is 9.59 Å². The summed E-state index contributed by atoms with van der Waals surface area (Å²) in [6.45, 7) is 8.62. The fourth-order valence-electron chi connectivity index (χ4n) is 3.37. The number of hydrogen-bond donors (Lipinski definition) is 2. The molecular formula is C24H28ClN5O2S. The molecule has 2 amide bonds. The van der Waals surface area contributed by atoms with Gasteiger partial charge in [0.1, 0.15) is 0 Å². The first-order valence-corrected chi connectivity index (χ1v) is 12.1. The molecule has 7 nitrogen and oxygen atoms in total. The van der Waals surface area contributed by atoms with E-state index in [0.717, 1.165) is 5.56 Å². The molecule has 9 heteroatoms. The third-order valence-electron chi connectivity index (χ3n) is 5.01. The maximum Gasteiger partial charge on any atom is 0.251 e. The topological polar surface area (TPSA) is 88.9 Å². The standard InChI is InChI=1S/C24H28ClN5O2S/c1-5-30-22(21(15(2)3)27-23(32)17-9-6-8-16(4)12-17)28-29-24(30)33-14-20(31)26-19-11-7-10-18(25)13-19/h6-13,15,21H,5,14H2,1-4H3,(H,26,31)(H,27,32)/t21-/m0/s1. The van der Waals surface area contributed by atoms with Crippen LogP contribution in [-0.2, 0) is 11.3 Å². The first kappa shape index (κ1) is 24.8. The SMILES string of the molecule is CCn1c(SCC(=O)Nc2cccc(Cl)c2)nnc1[C@@H](NC(=O)c1cccc(C)c1)C(C)C. The van der Waals surface area contributed by atoms with Crippen molar-refractivity contribution in [3.63, 3.8) is 0 Å². The molecule has 0 aliphatic rings. The van der Waals surface area contributed by atoms with E-state index in [2.05, 4.69) is 20.8 Å². The zero-order valence-corrected chi connectivity index (χ0v) is 20.7. The highest BCUT2D eigenvalue weighted by Gasteiger charge is 2.26. The zero-order valence-electron chi connectivity index (χ0n) is 19.1. The number of carbonyl (C=O) groups is 2. The molecule has 1 atom stereocenters. The normalized spacial score (nSPS) is 11.9. The third kappa shape index (κ3) is 6.58. The fourth-order valence-corrected chi connectivity index (χ4v) is 4.37. The summed E-state index contributed by atoms with van der Waals surface area (Å²) in [5.41, 5.74) is 2.27. The molecule has 0 saturated carbocycles. The first-order chi connectivity index (χ1) is 15.8. The van der Waals surface area contributed by atoms with Crippen LogP contribution in [0.4, 0.5) is 5.69 Å². The van der Waals surface area contributed by atoms with Crippen LogP contribution in [0.25, 0.3) is 0 Å². The lowest BCUT2D eigenvalue weighted by Gasteiger charge is -2.22. The first-order valence-electron chi connectivity index (χ1n) is 10.8. The van der Waals surface area contributed by atoms with Crippen LogP contribution in [0.1, 0.15) is 48.6 Å². The summed E-state index contributed by atoms with van der Waals surface area (Å²) in [6.07, 6.45) is 0. The van der Waals surface area contributed by atoms with Gasteiger partial charge in [0.05, 0.1) is 11.8 Å². The monoisotopic (exact) mass is 485 g/mol. The van der Waals surface area contributed by atoms with Gasteiger partial charge < -0.3 is 15.2 Å². The predicted molar refractivity (Wildman–Crippen MR) is 133 cm³/mol. The van der Waals surface area contributed by atoms with Gasteiger partial charge in [0, 0.05) is 22.8 Å². The van der Waals surface area contributed by atoms with E-state index in [1.54, 1.807) is 30.3 Å². The summed E-state index contributed by atoms with van der Waals surface area (Å²) >= 11 is 7.28. The summed E-state index contributed by atoms with van der Waals surface area (Å²) in [7, 11) is 0. The molecule has 1 aromatic heterocycles. The van der Waals surface area contributed by atoms with E-state index in [9.17, 15) is 9.59 Å². The molecule has 0 fully saturated rings. The Labute approximate surface area is 203 Å². The Morgan fingerprint density at radius 2 is 1.88 bits per heavy atom. The molecular weight excluding hydrogens is 458 g/mol. The molecule has 3 rings (SSSR count). The molecule has 1 heterocycles. The van der Waals surface area contributed by atoms with Gasteiger partial charge in [0.25, 0.3) is 5.91 Å². The fraction of sp³-hybridized carbons (Fsp3) is 0.333. The average molecular weight is 486 g/mol. The lowest BCUT2D eigenvalue weighted by atomic mass is 10.0. The van der Waals surface area contributed by atoms with Crippen molar-refractivity contribution in [2.45, 2.75) is 45.4 Å². The number of aromatic nitrogens is 3. The number of nitrogens with one attached hydrogen (secondary N) is 2. The second-order valence-electron chi connectivity index (χ2n) is 8.00. The smallest absolute Gasteiger partial charge is 0.251 e. The molecule has 0 bridgehead atoms. The van der Waals surface area contributed by atoms with Crippen molar-refractivity contribution in [1.29, 1.82) is 0 Å². The molecule has 0 unspecified atom stereocenters. The third-order valence-corrected chi connectivity index (χ3v) is 6.22. The van der Waals surface area contributed by atoms with E-state index in [0.29, 0.717) is 33.8 Å². The second-order valence-corrected chi connectivity index (χ2v) is 9.38. The number of rotatable bonds is 9. The van der Waals surface area contributed by atoms with E-state index < -0.39 is 0 Å². The number of nitrogens with zero attached hydrogens (tertiary/aromatic N) is 3. The Morgan fingerprint density at radius 3 is 2.55 bits per heavy atom. The maximum absolute atomic E-state index is 12.9. The van der Waals surface area contributed by atoms with Gasteiger partial charge in [0.15, 0.2) is 11.0 Å². The summed E-state index contributed by atoms with van der Waals surface area (Å²) in [6, 6.07) is 14.2. The minimum atomic E-state index is -0.319.